The van der Waals surface area contributed by atoms with E-state index in [2.05, 4.69) is 4.98 Å². The maximum absolute atomic E-state index is 10.6. The molecule has 0 saturated heterocycles. The first kappa shape index (κ1) is 10.8. The van der Waals surface area contributed by atoms with E-state index in [-0.39, 0.29) is 5.69 Å². The third-order valence-electron chi connectivity index (χ3n) is 2.28. The second-order valence-electron chi connectivity index (χ2n) is 3.33. The number of aromatic nitrogens is 1. The van der Waals surface area contributed by atoms with E-state index in [4.69, 9.17) is 0 Å². The van der Waals surface area contributed by atoms with Gasteiger partial charge in [-0.2, -0.15) is 0 Å². The Kier molecular flexibility index (Phi) is 2.57. The van der Waals surface area contributed by atoms with Crippen molar-refractivity contribution in [3.63, 3.8) is 0 Å². The number of nitro benzene ring substituents is 1. The SMILES string of the molecule is O=[N+]([O-])C=Cc1c[nH]c2ccc([N+](=O)[O-])cc12. The van der Waals surface area contributed by atoms with Crippen LogP contribution in [0.3, 0.4) is 0 Å². The van der Waals surface area contributed by atoms with E-state index in [1.807, 2.05) is 0 Å². The van der Waals surface area contributed by atoms with Gasteiger partial charge in [0.15, 0.2) is 0 Å². The number of non-ortho nitro benzene ring substituents is 1. The summed E-state index contributed by atoms with van der Waals surface area (Å²) in [7, 11) is 0. The van der Waals surface area contributed by atoms with Gasteiger partial charge < -0.3 is 4.98 Å². The van der Waals surface area contributed by atoms with Gasteiger partial charge >= 0.3 is 0 Å². The lowest BCUT2D eigenvalue weighted by Crippen LogP contribution is -1.87. The summed E-state index contributed by atoms with van der Waals surface area (Å²) in [5.74, 6) is 0. The second-order valence-corrected chi connectivity index (χ2v) is 3.33. The molecule has 0 aliphatic heterocycles. The predicted molar refractivity (Wildman–Crippen MR) is 61.0 cm³/mol. The van der Waals surface area contributed by atoms with E-state index in [0.717, 1.165) is 6.20 Å². The summed E-state index contributed by atoms with van der Waals surface area (Å²) in [6.07, 6.45) is 3.65. The van der Waals surface area contributed by atoms with E-state index in [1.54, 1.807) is 12.3 Å². The van der Waals surface area contributed by atoms with Gasteiger partial charge in [0.2, 0.25) is 6.20 Å². The van der Waals surface area contributed by atoms with Crippen molar-refractivity contribution < 1.29 is 9.85 Å². The summed E-state index contributed by atoms with van der Waals surface area (Å²) in [6.45, 7) is 0. The van der Waals surface area contributed by atoms with Crippen LogP contribution in [0.4, 0.5) is 5.69 Å². The van der Waals surface area contributed by atoms with Gasteiger partial charge in [-0.1, -0.05) is 0 Å². The molecule has 0 aliphatic carbocycles. The van der Waals surface area contributed by atoms with Gasteiger partial charge in [-0.05, 0) is 6.07 Å². The number of hydrogen-bond donors (Lipinski definition) is 1. The molecule has 17 heavy (non-hydrogen) atoms. The van der Waals surface area contributed by atoms with Gasteiger partial charge in [0, 0.05) is 40.9 Å². The molecule has 1 heterocycles. The number of nitrogens with one attached hydrogen (secondary N) is 1. The fourth-order valence-electron chi connectivity index (χ4n) is 1.52. The van der Waals surface area contributed by atoms with Crippen molar-refractivity contribution in [2.24, 2.45) is 0 Å². The molecule has 0 spiro atoms. The summed E-state index contributed by atoms with van der Waals surface area (Å²) >= 11 is 0. The number of rotatable bonds is 3. The third-order valence-corrected chi connectivity index (χ3v) is 2.28. The zero-order valence-corrected chi connectivity index (χ0v) is 8.49. The van der Waals surface area contributed by atoms with Gasteiger partial charge in [-0.3, -0.25) is 20.2 Å². The molecule has 0 amide bonds. The summed E-state index contributed by atoms with van der Waals surface area (Å²) < 4.78 is 0. The maximum atomic E-state index is 10.6. The molecule has 0 unspecified atom stereocenters. The Labute approximate surface area is 94.7 Å². The number of benzene rings is 1. The Morgan fingerprint density at radius 1 is 1.24 bits per heavy atom. The molecular weight excluding hydrogens is 226 g/mol. The zero-order chi connectivity index (χ0) is 12.4. The molecule has 0 bridgehead atoms. The molecule has 2 rings (SSSR count). The number of aromatic amines is 1. The highest BCUT2D eigenvalue weighted by atomic mass is 16.6. The van der Waals surface area contributed by atoms with Gasteiger partial charge in [-0.25, -0.2) is 0 Å². The first-order valence-electron chi connectivity index (χ1n) is 4.65. The molecule has 1 aromatic carbocycles. The van der Waals surface area contributed by atoms with Crippen molar-refractivity contribution in [1.29, 1.82) is 0 Å². The van der Waals surface area contributed by atoms with Crippen LogP contribution in [0.1, 0.15) is 5.56 Å². The number of nitro groups is 2. The number of fused-ring (bicyclic) bond motifs is 1. The lowest BCUT2D eigenvalue weighted by molar-refractivity contribution is -0.400. The van der Waals surface area contributed by atoms with Crippen LogP contribution in [0.5, 0.6) is 0 Å². The molecule has 86 valence electrons. The smallest absolute Gasteiger partial charge is 0.270 e. The van der Waals surface area contributed by atoms with Crippen LogP contribution in [-0.4, -0.2) is 14.8 Å². The summed E-state index contributed by atoms with van der Waals surface area (Å²) in [5, 5.41) is 21.4. The molecule has 0 radical (unpaired) electrons. The maximum Gasteiger partial charge on any atom is 0.270 e. The van der Waals surface area contributed by atoms with Gasteiger partial charge in [0.1, 0.15) is 0 Å². The molecule has 7 heteroatoms. The topological polar surface area (TPSA) is 102 Å². The first-order chi connectivity index (χ1) is 8.08. The van der Waals surface area contributed by atoms with Gasteiger partial charge in [0.25, 0.3) is 5.69 Å². The molecule has 0 saturated carbocycles. The van der Waals surface area contributed by atoms with Crippen molar-refractivity contribution in [1.82, 2.24) is 4.98 Å². The highest BCUT2D eigenvalue weighted by Crippen LogP contribution is 2.24. The van der Waals surface area contributed by atoms with E-state index in [0.29, 0.717) is 16.5 Å². The molecule has 7 nitrogen and oxygen atoms in total. The minimum Gasteiger partial charge on any atom is -0.361 e. The van der Waals surface area contributed by atoms with Gasteiger partial charge in [-0.15, -0.1) is 0 Å². The third kappa shape index (κ3) is 2.12. The van der Waals surface area contributed by atoms with E-state index in [9.17, 15) is 20.2 Å². The Bertz CT molecular complexity index is 630. The lowest BCUT2D eigenvalue weighted by Gasteiger charge is -1.93. The molecular formula is C10H7N3O4. The van der Waals surface area contributed by atoms with Crippen molar-refractivity contribution in [3.8, 4) is 0 Å². The Hall–Kier alpha value is -2.70. The van der Waals surface area contributed by atoms with Crippen LogP contribution in [-0.2, 0) is 0 Å². The summed E-state index contributed by atoms with van der Waals surface area (Å²) in [5.41, 5.74) is 1.19. The number of H-pyrrole nitrogens is 1. The average molecular weight is 233 g/mol. The Morgan fingerprint density at radius 2 is 2.00 bits per heavy atom. The van der Waals surface area contributed by atoms with Crippen molar-refractivity contribution in [2.45, 2.75) is 0 Å². The van der Waals surface area contributed by atoms with E-state index >= 15 is 0 Å². The molecule has 1 N–H and O–H groups in total. The molecule has 0 atom stereocenters. The highest BCUT2D eigenvalue weighted by molar-refractivity contribution is 5.90. The van der Waals surface area contributed by atoms with Crippen LogP contribution in [0, 0.1) is 20.2 Å². The largest absolute Gasteiger partial charge is 0.361 e. The highest BCUT2D eigenvalue weighted by Gasteiger charge is 2.09. The lowest BCUT2D eigenvalue weighted by atomic mass is 10.1. The van der Waals surface area contributed by atoms with Crippen LogP contribution >= 0.6 is 0 Å². The Morgan fingerprint density at radius 3 is 2.65 bits per heavy atom. The molecule has 0 aliphatic rings. The second kappa shape index (κ2) is 4.05. The summed E-state index contributed by atoms with van der Waals surface area (Å²) in [6, 6.07) is 4.32. The standard InChI is InChI=1S/C10H7N3O4/c14-12(15)4-3-7-6-11-10-2-1-8(13(16)17)5-9(7)10/h1-6,11H. The van der Waals surface area contributed by atoms with Crippen LogP contribution in [0.15, 0.2) is 30.6 Å². The summed E-state index contributed by atoms with van der Waals surface area (Å²) in [4.78, 5) is 22.6. The molecule has 0 fully saturated rings. The van der Waals surface area contributed by atoms with Crippen molar-refractivity contribution >= 4 is 22.7 Å². The van der Waals surface area contributed by atoms with Crippen LogP contribution < -0.4 is 0 Å². The van der Waals surface area contributed by atoms with Crippen molar-refractivity contribution in [3.05, 3.63) is 56.4 Å². The van der Waals surface area contributed by atoms with E-state index in [1.165, 1.54) is 18.2 Å². The van der Waals surface area contributed by atoms with E-state index < -0.39 is 9.85 Å². The minimum absolute atomic E-state index is 0.0483. The monoisotopic (exact) mass is 233 g/mol. The minimum atomic E-state index is -0.587. The first-order valence-corrected chi connectivity index (χ1v) is 4.65. The number of nitrogens with zero attached hydrogens (tertiary/aromatic N) is 2. The zero-order valence-electron chi connectivity index (χ0n) is 8.49. The normalized spacial score (nSPS) is 11.1. The van der Waals surface area contributed by atoms with Gasteiger partial charge in [0.05, 0.1) is 9.85 Å². The predicted octanol–water partition coefficient (Wildman–Crippen LogP) is 2.32. The quantitative estimate of drug-likeness (QED) is 0.648. The van der Waals surface area contributed by atoms with Crippen molar-refractivity contribution in [2.75, 3.05) is 0 Å². The fraction of sp³-hybridized carbons (Fsp3) is 0. The molecule has 2 aromatic rings. The number of hydrogen-bond acceptors (Lipinski definition) is 4. The Balaban J connectivity index is 2.54. The van der Waals surface area contributed by atoms with Crippen LogP contribution in [0.2, 0.25) is 0 Å². The van der Waals surface area contributed by atoms with Crippen LogP contribution in [0.25, 0.3) is 17.0 Å². The fourth-order valence-corrected chi connectivity index (χ4v) is 1.52. The molecule has 1 aromatic heterocycles. The average Bonchev–Trinajstić information content (AvgIpc) is 2.68.